The van der Waals surface area contributed by atoms with E-state index in [1.54, 1.807) is 6.07 Å². The number of hydrogen-bond donors (Lipinski definition) is 2. The molecule has 0 aromatic heterocycles. The molecule has 0 bridgehead atoms. The molecule has 1 unspecified atom stereocenters. The topological polar surface area (TPSA) is 58.4 Å². The number of thioether (sulfide) groups is 1. The van der Waals surface area contributed by atoms with E-state index in [1.165, 1.54) is 0 Å². The smallest absolute Gasteiger partial charge is 0.251 e. The van der Waals surface area contributed by atoms with Gasteiger partial charge in [-0.05, 0) is 43.0 Å². The van der Waals surface area contributed by atoms with Crippen LogP contribution in [-0.4, -0.2) is 37.6 Å². The van der Waals surface area contributed by atoms with Crippen molar-refractivity contribution in [2.45, 2.75) is 26.3 Å². The van der Waals surface area contributed by atoms with Crippen LogP contribution in [0.4, 0.5) is 11.4 Å². The lowest BCUT2D eigenvalue weighted by Crippen LogP contribution is -2.33. The van der Waals surface area contributed by atoms with Crippen LogP contribution in [-0.2, 0) is 0 Å². The van der Waals surface area contributed by atoms with Gasteiger partial charge in [0.25, 0.3) is 5.91 Å². The van der Waals surface area contributed by atoms with Crippen LogP contribution in [0.1, 0.15) is 30.6 Å². The van der Waals surface area contributed by atoms with Gasteiger partial charge in [0.1, 0.15) is 0 Å². The van der Waals surface area contributed by atoms with Crippen LogP contribution in [0.5, 0.6) is 0 Å². The van der Waals surface area contributed by atoms with Gasteiger partial charge >= 0.3 is 0 Å². The molecule has 0 heterocycles. The highest BCUT2D eigenvalue weighted by Crippen LogP contribution is 2.22. The fourth-order valence-electron chi connectivity index (χ4n) is 1.89. The number of hydrogen-bond acceptors (Lipinski definition) is 4. The Bertz CT molecular complexity index is 449. The Morgan fingerprint density at radius 2 is 2.15 bits per heavy atom. The second-order valence-corrected chi connectivity index (χ2v) is 6.42. The van der Waals surface area contributed by atoms with E-state index in [9.17, 15) is 4.79 Å². The number of nitrogens with zero attached hydrogens (tertiary/aromatic N) is 1. The van der Waals surface area contributed by atoms with E-state index < -0.39 is 0 Å². The summed E-state index contributed by atoms with van der Waals surface area (Å²) in [7, 11) is 3.86. The molecule has 0 aliphatic carbocycles. The van der Waals surface area contributed by atoms with Gasteiger partial charge in [-0.25, -0.2) is 0 Å². The molecule has 0 fully saturated rings. The van der Waals surface area contributed by atoms with E-state index >= 15 is 0 Å². The van der Waals surface area contributed by atoms with Crippen LogP contribution in [0.2, 0.25) is 0 Å². The molecule has 0 aliphatic heterocycles. The monoisotopic (exact) mass is 295 g/mol. The number of carbonyl (C=O) groups excluding carboxylic acids is 1. The Balaban J connectivity index is 2.61. The molecule has 0 radical (unpaired) electrons. The van der Waals surface area contributed by atoms with E-state index in [4.69, 9.17) is 5.73 Å². The van der Waals surface area contributed by atoms with Crippen molar-refractivity contribution in [3.8, 4) is 0 Å². The molecule has 0 saturated carbocycles. The van der Waals surface area contributed by atoms with Crippen molar-refractivity contribution >= 4 is 29.0 Å². The summed E-state index contributed by atoms with van der Waals surface area (Å²) in [5, 5.41) is 3.01. The molecule has 1 rings (SSSR count). The molecular weight excluding hydrogens is 270 g/mol. The minimum Gasteiger partial charge on any atom is -0.397 e. The Morgan fingerprint density at radius 1 is 1.45 bits per heavy atom. The number of anilines is 2. The third-order valence-electron chi connectivity index (χ3n) is 3.05. The molecule has 4 nitrogen and oxygen atoms in total. The Hall–Kier alpha value is -1.36. The molecule has 20 heavy (non-hydrogen) atoms. The van der Waals surface area contributed by atoms with Crippen molar-refractivity contribution in [2.24, 2.45) is 0 Å². The summed E-state index contributed by atoms with van der Waals surface area (Å²) in [5.41, 5.74) is 8.13. The van der Waals surface area contributed by atoms with Crippen molar-refractivity contribution in [1.82, 2.24) is 5.32 Å². The molecule has 112 valence electrons. The average molecular weight is 295 g/mol. The first kappa shape index (κ1) is 16.7. The van der Waals surface area contributed by atoms with E-state index in [1.807, 2.05) is 49.8 Å². The van der Waals surface area contributed by atoms with Crippen molar-refractivity contribution in [3.05, 3.63) is 23.8 Å². The Morgan fingerprint density at radius 3 is 2.70 bits per heavy atom. The number of nitrogens with two attached hydrogens (primary N) is 1. The van der Waals surface area contributed by atoms with E-state index in [-0.39, 0.29) is 11.9 Å². The number of benzene rings is 1. The first-order chi connectivity index (χ1) is 9.45. The third-order valence-corrected chi connectivity index (χ3v) is 3.98. The molecule has 1 amide bonds. The Kier molecular flexibility index (Phi) is 6.71. The molecule has 1 aromatic rings. The van der Waals surface area contributed by atoms with Crippen molar-refractivity contribution in [2.75, 3.05) is 36.2 Å². The number of rotatable bonds is 7. The van der Waals surface area contributed by atoms with Gasteiger partial charge < -0.3 is 16.0 Å². The van der Waals surface area contributed by atoms with Crippen molar-refractivity contribution in [1.29, 1.82) is 0 Å². The summed E-state index contributed by atoms with van der Waals surface area (Å²) in [6.45, 7) is 4.18. The van der Waals surface area contributed by atoms with Crippen molar-refractivity contribution in [3.63, 3.8) is 0 Å². The average Bonchev–Trinajstić information content (AvgIpc) is 2.38. The van der Waals surface area contributed by atoms with Crippen LogP contribution in [0.25, 0.3) is 0 Å². The standard InChI is InChI=1S/C15H25N3OS/c1-5-20-9-8-11(2)17-15(19)12-6-7-14(18(3)4)13(16)10-12/h6-7,10-11H,5,8-9,16H2,1-4H3,(H,17,19). The first-order valence-electron chi connectivity index (χ1n) is 6.91. The minimum absolute atomic E-state index is 0.0593. The van der Waals surface area contributed by atoms with E-state index in [2.05, 4.69) is 12.2 Å². The van der Waals surface area contributed by atoms with Crippen LogP contribution in [0.15, 0.2) is 18.2 Å². The summed E-state index contributed by atoms with van der Waals surface area (Å²) in [6, 6.07) is 5.60. The number of carbonyl (C=O) groups is 1. The lowest BCUT2D eigenvalue weighted by molar-refractivity contribution is 0.0939. The first-order valence-corrected chi connectivity index (χ1v) is 8.06. The predicted molar refractivity (Wildman–Crippen MR) is 89.7 cm³/mol. The molecule has 1 atom stereocenters. The SMILES string of the molecule is CCSCCC(C)NC(=O)c1ccc(N(C)C)c(N)c1. The highest BCUT2D eigenvalue weighted by molar-refractivity contribution is 7.99. The summed E-state index contributed by atoms with van der Waals surface area (Å²) >= 11 is 1.89. The predicted octanol–water partition coefficient (Wildman–Crippen LogP) is 2.60. The minimum atomic E-state index is -0.0593. The molecule has 0 saturated heterocycles. The molecule has 3 N–H and O–H groups in total. The second-order valence-electron chi connectivity index (χ2n) is 5.03. The maximum absolute atomic E-state index is 12.1. The zero-order chi connectivity index (χ0) is 15.1. The molecule has 0 spiro atoms. The zero-order valence-corrected chi connectivity index (χ0v) is 13.6. The maximum Gasteiger partial charge on any atom is 0.251 e. The summed E-state index contributed by atoms with van der Waals surface area (Å²) in [5.74, 6) is 2.12. The second kappa shape index (κ2) is 8.04. The highest BCUT2D eigenvalue weighted by Gasteiger charge is 2.11. The number of nitrogens with one attached hydrogen (secondary N) is 1. The summed E-state index contributed by atoms with van der Waals surface area (Å²) in [4.78, 5) is 14.1. The van der Waals surface area contributed by atoms with Crippen LogP contribution in [0, 0.1) is 0 Å². The van der Waals surface area contributed by atoms with Gasteiger partial charge in [0, 0.05) is 25.7 Å². The molecular formula is C15H25N3OS. The fourth-order valence-corrected chi connectivity index (χ4v) is 2.70. The summed E-state index contributed by atoms with van der Waals surface area (Å²) < 4.78 is 0. The maximum atomic E-state index is 12.1. The molecule has 0 aliphatic rings. The van der Waals surface area contributed by atoms with E-state index in [0.717, 1.165) is 23.6 Å². The van der Waals surface area contributed by atoms with Crippen LogP contribution >= 0.6 is 11.8 Å². The van der Waals surface area contributed by atoms with Crippen LogP contribution in [0.3, 0.4) is 0 Å². The van der Waals surface area contributed by atoms with Gasteiger partial charge in [-0.1, -0.05) is 6.92 Å². The zero-order valence-electron chi connectivity index (χ0n) is 12.8. The van der Waals surface area contributed by atoms with Gasteiger partial charge in [-0.3, -0.25) is 4.79 Å². The lowest BCUT2D eigenvalue weighted by atomic mass is 10.1. The largest absolute Gasteiger partial charge is 0.397 e. The number of nitrogen functional groups attached to an aromatic ring is 1. The quantitative estimate of drug-likeness (QED) is 0.599. The Labute approximate surface area is 126 Å². The van der Waals surface area contributed by atoms with E-state index in [0.29, 0.717) is 11.3 Å². The van der Waals surface area contributed by atoms with Gasteiger partial charge in [-0.2, -0.15) is 11.8 Å². The van der Waals surface area contributed by atoms with Gasteiger partial charge in [0.15, 0.2) is 0 Å². The highest BCUT2D eigenvalue weighted by atomic mass is 32.2. The van der Waals surface area contributed by atoms with Gasteiger partial charge in [-0.15, -0.1) is 0 Å². The van der Waals surface area contributed by atoms with Crippen LogP contribution < -0.4 is 16.0 Å². The van der Waals surface area contributed by atoms with Gasteiger partial charge in [0.2, 0.25) is 0 Å². The number of amides is 1. The van der Waals surface area contributed by atoms with Crippen molar-refractivity contribution < 1.29 is 4.79 Å². The fraction of sp³-hybridized carbons (Fsp3) is 0.533. The molecule has 1 aromatic carbocycles. The molecule has 5 heteroatoms. The normalized spacial score (nSPS) is 12.0. The third kappa shape index (κ3) is 4.96. The summed E-state index contributed by atoms with van der Waals surface area (Å²) in [6.07, 6.45) is 0.982. The van der Waals surface area contributed by atoms with Gasteiger partial charge in [0.05, 0.1) is 11.4 Å². The lowest BCUT2D eigenvalue weighted by Gasteiger charge is -2.17.